The monoisotopic (exact) mass is 393 g/mol. The Hall–Kier alpha value is -2.33. The number of aromatic nitrogens is 1. The minimum atomic E-state index is -0.361. The van der Waals surface area contributed by atoms with E-state index in [1.807, 2.05) is 24.3 Å². The Morgan fingerprint density at radius 2 is 1.76 bits per heavy atom. The Morgan fingerprint density at radius 1 is 1.07 bits per heavy atom. The molecule has 1 fully saturated rings. The molecule has 0 bridgehead atoms. The molecule has 2 aliphatic rings. The van der Waals surface area contributed by atoms with Crippen molar-refractivity contribution in [2.45, 2.75) is 57.5 Å². The SMILES string of the molecule is CC1(C)CO[C@]2(CC[C@@H](C)CC2)c2c1n(-c1ccc(F)cc1)c1cccc(O)c12. The molecule has 1 aliphatic heterocycles. The number of benzene rings is 2. The van der Waals surface area contributed by atoms with Crippen molar-refractivity contribution in [1.82, 2.24) is 4.57 Å². The second-order valence-electron chi connectivity index (χ2n) is 9.56. The summed E-state index contributed by atoms with van der Waals surface area (Å²) in [6.45, 7) is 7.33. The maximum Gasteiger partial charge on any atom is 0.125 e. The van der Waals surface area contributed by atoms with Gasteiger partial charge in [0.05, 0.1) is 17.7 Å². The standard InChI is InChI=1S/C25H28FNO2/c1-16-11-13-25(14-12-16)22-21-19(5-4-6-20(21)28)27(18-9-7-17(26)8-10-18)23(22)24(2,3)15-29-25/h4-10,16,28H,11-15H2,1-3H3/t16-,25+. The van der Waals surface area contributed by atoms with Gasteiger partial charge in [-0.15, -0.1) is 0 Å². The Balaban J connectivity index is 1.88. The quantitative estimate of drug-likeness (QED) is 0.535. The maximum atomic E-state index is 13.7. The van der Waals surface area contributed by atoms with Crippen LogP contribution in [-0.2, 0) is 15.8 Å². The Labute approximate surface area is 171 Å². The molecular weight excluding hydrogens is 365 g/mol. The first kappa shape index (κ1) is 18.7. The predicted octanol–water partition coefficient (Wildman–Crippen LogP) is 6.19. The lowest BCUT2D eigenvalue weighted by atomic mass is 9.70. The molecular formula is C25H28FNO2. The number of phenols is 1. The molecule has 0 radical (unpaired) electrons. The number of rotatable bonds is 1. The molecule has 5 rings (SSSR count). The second kappa shape index (κ2) is 6.33. The average Bonchev–Trinajstić information content (AvgIpc) is 3.07. The topological polar surface area (TPSA) is 34.4 Å². The zero-order chi connectivity index (χ0) is 20.4. The molecule has 0 amide bonds. The van der Waals surface area contributed by atoms with Crippen molar-refractivity contribution >= 4 is 10.9 Å². The zero-order valence-corrected chi connectivity index (χ0v) is 17.3. The predicted molar refractivity (Wildman–Crippen MR) is 113 cm³/mol. The van der Waals surface area contributed by atoms with E-state index >= 15 is 0 Å². The molecule has 0 atom stereocenters. The smallest absolute Gasteiger partial charge is 0.125 e. The van der Waals surface area contributed by atoms with Gasteiger partial charge in [0, 0.05) is 27.7 Å². The molecule has 1 aliphatic carbocycles. The van der Waals surface area contributed by atoms with Gasteiger partial charge in [-0.25, -0.2) is 4.39 Å². The molecule has 0 unspecified atom stereocenters. The van der Waals surface area contributed by atoms with Gasteiger partial charge in [0.15, 0.2) is 0 Å². The molecule has 1 spiro atoms. The molecule has 1 saturated carbocycles. The number of hydrogen-bond acceptors (Lipinski definition) is 2. The summed E-state index contributed by atoms with van der Waals surface area (Å²) in [6, 6.07) is 12.3. The molecule has 0 saturated heterocycles. The van der Waals surface area contributed by atoms with E-state index in [4.69, 9.17) is 4.74 Å². The van der Waals surface area contributed by atoms with E-state index in [2.05, 4.69) is 25.3 Å². The van der Waals surface area contributed by atoms with Crippen LogP contribution in [0.3, 0.4) is 0 Å². The highest BCUT2D eigenvalue weighted by molar-refractivity contribution is 5.94. The Bertz CT molecular complexity index is 1070. The van der Waals surface area contributed by atoms with Gasteiger partial charge in [-0.1, -0.05) is 26.8 Å². The second-order valence-corrected chi connectivity index (χ2v) is 9.56. The van der Waals surface area contributed by atoms with Gasteiger partial charge in [0.2, 0.25) is 0 Å². The van der Waals surface area contributed by atoms with Crippen LogP contribution in [0.15, 0.2) is 42.5 Å². The third-order valence-electron chi connectivity index (χ3n) is 6.94. The van der Waals surface area contributed by atoms with Gasteiger partial charge in [-0.3, -0.25) is 0 Å². The first-order chi connectivity index (χ1) is 13.8. The molecule has 1 aromatic heterocycles. The fraction of sp³-hybridized carbons (Fsp3) is 0.440. The largest absolute Gasteiger partial charge is 0.507 e. The maximum absolute atomic E-state index is 13.7. The van der Waals surface area contributed by atoms with Gasteiger partial charge in [0.25, 0.3) is 0 Å². The highest BCUT2D eigenvalue weighted by Crippen LogP contribution is 2.55. The highest BCUT2D eigenvalue weighted by Gasteiger charge is 2.49. The van der Waals surface area contributed by atoms with Crippen LogP contribution in [0.5, 0.6) is 5.75 Å². The van der Waals surface area contributed by atoms with Gasteiger partial charge >= 0.3 is 0 Å². The number of aromatic hydroxyl groups is 1. The van der Waals surface area contributed by atoms with Crippen molar-refractivity contribution in [1.29, 1.82) is 0 Å². The minimum Gasteiger partial charge on any atom is -0.507 e. The van der Waals surface area contributed by atoms with Crippen LogP contribution >= 0.6 is 0 Å². The van der Waals surface area contributed by atoms with E-state index in [0.717, 1.165) is 47.8 Å². The summed E-state index contributed by atoms with van der Waals surface area (Å²) in [6.07, 6.45) is 4.18. The number of hydrogen-bond donors (Lipinski definition) is 1. The van der Waals surface area contributed by atoms with Crippen LogP contribution in [-0.4, -0.2) is 16.3 Å². The van der Waals surface area contributed by atoms with Gasteiger partial charge in [-0.2, -0.15) is 0 Å². The number of halogens is 1. The molecule has 2 aromatic carbocycles. The van der Waals surface area contributed by atoms with Crippen LogP contribution in [0.25, 0.3) is 16.6 Å². The van der Waals surface area contributed by atoms with Crippen molar-refractivity contribution in [3.05, 3.63) is 59.5 Å². The number of fused-ring (bicyclic) bond motifs is 4. The summed E-state index contributed by atoms with van der Waals surface area (Å²) in [5.74, 6) is 0.739. The van der Waals surface area contributed by atoms with Crippen molar-refractivity contribution in [3.8, 4) is 11.4 Å². The molecule has 4 heteroatoms. The average molecular weight is 394 g/mol. The summed E-state index contributed by atoms with van der Waals surface area (Å²) in [5.41, 5.74) is 3.60. The fourth-order valence-electron chi connectivity index (χ4n) is 5.35. The van der Waals surface area contributed by atoms with E-state index in [9.17, 15) is 9.50 Å². The third-order valence-corrected chi connectivity index (χ3v) is 6.94. The lowest BCUT2D eigenvalue weighted by Gasteiger charge is -2.47. The third kappa shape index (κ3) is 2.72. The highest BCUT2D eigenvalue weighted by atomic mass is 19.1. The molecule has 29 heavy (non-hydrogen) atoms. The zero-order valence-electron chi connectivity index (χ0n) is 17.3. The van der Waals surface area contributed by atoms with E-state index in [-0.39, 0.29) is 16.8 Å². The number of ether oxygens (including phenoxy) is 1. The van der Waals surface area contributed by atoms with Gasteiger partial charge in [0.1, 0.15) is 11.6 Å². The molecule has 3 nitrogen and oxygen atoms in total. The number of nitrogens with zero attached hydrogens (tertiary/aromatic N) is 1. The van der Waals surface area contributed by atoms with Crippen molar-refractivity contribution in [2.24, 2.45) is 5.92 Å². The van der Waals surface area contributed by atoms with E-state index in [1.165, 1.54) is 17.8 Å². The lowest BCUT2D eigenvalue weighted by Crippen LogP contribution is -2.45. The molecule has 3 aromatic rings. The Morgan fingerprint density at radius 3 is 2.45 bits per heavy atom. The normalized spacial score (nSPS) is 26.0. The summed E-state index contributed by atoms with van der Waals surface area (Å²) in [5, 5.41) is 11.8. The first-order valence-corrected chi connectivity index (χ1v) is 10.6. The van der Waals surface area contributed by atoms with Crippen molar-refractivity contribution in [3.63, 3.8) is 0 Å². The van der Waals surface area contributed by atoms with Gasteiger partial charge < -0.3 is 14.4 Å². The number of phenolic OH excluding ortho intramolecular Hbond substituents is 1. The molecule has 152 valence electrons. The van der Waals surface area contributed by atoms with Gasteiger partial charge in [-0.05, 0) is 68.0 Å². The van der Waals surface area contributed by atoms with Crippen molar-refractivity contribution in [2.75, 3.05) is 6.61 Å². The van der Waals surface area contributed by atoms with Crippen LogP contribution in [0.2, 0.25) is 0 Å². The van der Waals surface area contributed by atoms with E-state index < -0.39 is 0 Å². The van der Waals surface area contributed by atoms with Crippen molar-refractivity contribution < 1.29 is 14.2 Å². The molecule has 1 N–H and O–H groups in total. The van der Waals surface area contributed by atoms with Crippen LogP contribution < -0.4 is 0 Å². The van der Waals surface area contributed by atoms with Crippen LogP contribution in [0.1, 0.15) is 57.7 Å². The Kier molecular flexibility index (Phi) is 4.08. The summed E-state index contributed by atoms with van der Waals surface area (Å²) >= 11 is 0. The first-order valence-electron chi connectivity index (χ1n) is 10.6. The lowest BCUT2D eigenvalue weighted by molar-refractivity contribution is -0.111. The van der Waals surface area contributed by atoms with E-state index in [1.54, 1.807) is 6.07 Å². The van der Waals surface area contributed by atoms with Crippen LogP contribution in [0, 0.1) is 11.7 Å². The fourth-order valence-corrected chi connectivity index (χ4v) is 5.35. The molecule has 2 heterocycles. The van der Waals surface area contributed by atoms with E-state index in [0.29, 0.717) is 18.3 Å². The minimum absolute atomic E-state index is 0.233. The summed E-state index contributed by atoms with van der Waals surface area (Å²) < 4.78 is 22.5. The summed E-state index contributed by atoms with van der Waals surface area (Å²) in [4.78, 5) is 0. The van der Waals surface area contributed by atoms with Crippen LogP contribution in [0.4, 0.5) is 4.39 Å². The summed E-state index contributed by atoms with van der Waals surface area (Å²) in [7, 11) is 0.